The number of hydrogen-bond acceptors (Lipinski definition) is 5. The minimum atomic E-state index is -0.0628. The van der Waals surface area contributed by atoms with Crippen LogP contribution in [0.5, 0.6) is 0 Å². The summed E-state index contributed by atoms with van der Waals surface area (Å²) in [6.07, 6.45) is 0. The summed E-state index contributed by atoms with van der Waals surface area (Å²) in [6, 6.07) is 12.4. The molecule has 6 heteroatoms. The van der Waals surface area contributed by atoms with Crippen molar-refractivity contribution in [2.24, 2.45) is 0 Å². The maximum Gasteiger partial charge on any atom is 0.204 e. The molecule has 20 heavy (non-hydrogen) atoms. The molecule has 1 N–H and O–H groups in total. The number of nitrogens with one attached hydrogen (secondary N) is 1. The van der Waals surface area contributed by atoms with Crippen molar-refractivity contribution in [1.29, 1.82) is 0 Å². The number of fused-ring (bicyclic) bond motifs is 2. The molecule has 2 aromatic carbocycles. The summed E-state index contributed by atoms with van der Waals surface area (Å²) in [4.78, 5) is 12.5. The van der Waals surface area contributed by atoms with Crippen molar-refractivity contribution in [3.05, 3.63) is 52.7 Å². The van der Waals surface area contributed by atoms with E-state index in [2.05, 4.69) is 20.6 Å². The highest BCUT2D eigenvalue weighted by atomic mass is 16.3. The van der Waals surface area contributed by atoms with Gasteiger partial charge in [-0.25, -0.2) is 0 Å². The van der Waals surface area contributed by atoms with E-state index >= 15 is 0 Å². The van der Waals surface area contributed by atoms with Crippen LogP contribution in [-0.4, -0.2) is 20.6 Å². The van der Waals surface area contributed by atoms with Crippen LogP contribution >= 0.6 is 0 Å². The standard InChI is InChI=1S/C14H8N4O2/c19-13-9-3-1-2-4-11(9)20-12-6-5-8(7-10(12)13)14-15-17-18-16-14/h1-7H,(H,15,16,17,18). The fraction of sp³-hybridized carbons (Fsp3) is 0. The van der Waals surface area contributed by atoms with Gasteiger partial charge in [0.25, 0.3) is 0 Å². The van der Waals surface area contributed by atoms with Gasteiger partial charge in [-0.2, -0.15) is 5.21 Å². The lowest BCUT2D eigenvalue weighted by atomic mass is 10.1. The van der Waals surface area contributed by atoms with Crippen molar-refractivity contribution in [2.75, 3.05) is 0 Å². The Hall–Kier alpha value is -3.02. The van der Waals surface area contributed by atoms with E-state index < -0.39 is 0 Å². The molecule has 6 nitrogen and oxygen atoms in total. The van der Waals surface area contributed by atoms with Crippen molar-refractivity contribution in [3.8, 4) is 11.4 Å². The van der Waals surface area contributed by atoms with Crippen molar-refractivity contribution < 1.29 is 4.42 Å². The Morgan fingerprint density at radius 1 is 1.00 bits per heavy atom. The number of nitrogens with zero attached hydrogens (tertiary/aromatic N) is 3. The molecule has 0 spiro atoms. The van der Waals surface area contributed by atoms with E-state index in [1.807, 2.05) is 12.1 Å². The quantitative estimate of drug-likeness (QED) is 0.532. The average molecular weight is 264 g/mol. The van der Waals surface area contributed by atoms with E-state index in [0.717, 1.165) is 0 Å². The molecule has 4 aromatic rings. The van der Waals surface area contributed by atoms with Gasteiger partial charge in [0, 0.05) is 5.56 Å². The molecule has 0 amide bonds. The van der Waals surface area contributed by atoms with Crippen molar-refractivity contribution in [2.45, 2.75) is 0 Å². The minimum absolute atomic E-state index is 0.0628. The molecule has 0 fully saturated rings. The smallest absolute Gasteiger partial charge is 0.204 e. The van der Waals surface area contributed by atoms with Crippen LogP contribution in [0.1, 0.15) is 0 Å². The molecule has 0 bridgehead atoms. The Bertz CT molecular complexity index is 973. The Balaban J connectivity index is 2.10. The van der Waals surface area contributed by atoms with Crippen LogP contribution < -0.4 is 5.43 Å². The van der Waals surface area contributed by atoms with Crippen LogP contribution in [0.3, 0.4) is 0 Å². The number of aromatic amines is 1. The third-order valence-electron chi connectivity index (χ3n) is 3.18. The maximum absolute atomic E-state index is 12.5. The monoisotopic (exact) mass is 264 g/mol. The minimum Gasteiger partial charge on any atom is -0.456 e. The SMILES string of the molecule is O=c1c2ccccc2oc2ccc(-c3nn[nH]n3)cc12. The molecule has 0 saturated carbocycles. The Kier molecular flexibility index (Phi) is 2.17. The van der Waals surface area contributed by atoms with Gasteiger partial charge < -0.3 is 4.42 Å². The van der Waals surface area contributed by atoms with Crippen LogP contribution in [0, 0.1) is 0 Å². The first-order valence-corrected chi connectivity index (χ1v) is 6.02. The fourth-order valence-corrected chi connectivity index (χ4v) is 2.23. The van der Waals surface area contributed by atoms with Crippen molar-refractivity contribution in [3.63, 3.8) is 0 Å². The Morgan fingerprint density at radius 3 is 2.70 bits per heavy atom. The normalized spacial score (nSPS) is 11.2. The highest BCUT2D eigenvalue weighted by Crippen LogP contribution is 2.22. The molecule has 4 rings (SSSR count). The lowest BCUT2D eigenvalue weighted by Crippen LogP contribution is -2.02. The lowest BCUT2D eigenvalue weighted by Gasteiger charge is -2.02. The average Bonchev–Trinajstić information content (AvgIpc) is 3.02. The van der Waals surface area contributed by atoms with Crippen LogP contribution in [-0.2, 0) is 0 Å². The lowest BCUT2D eigenvalue weighted by molar-refractivity contribution is 0.660. The van der Waals surface area contributed by atoms with Gasteiger partial charge in [-0.3, -0.25) is 4.79 Å². The van der Waals surface area contributed by atoms with Gasteiger partial charge in [0.05, 0.1) is 10.8 Å². The molecule has 0 unspecified atom stereocenters. The van der Waals surface area contributed by atoms with Crippen molar-refractivity contribution >= 4 is 21.9 Å². The molecule has 0 atom stereocenters. The zero-order chi connectivity index (χ0) is 13.5. The second-order valence-corrected chi connectivity index (χ2v) is 4.37. The summed E-state index contributed by atoms with van der Waals surface area (Å²) in [5.74, 6) is 0.444. The third-order valence-corrected chi connectivity index (χ3v) is 3.18. The second-order valence-electron chi connectivity index (χ2n) is 4.37. The summed E-state index contributed by atoms with van der Waals surface area (Å²) in [5, 5.41) is 14.8. The first-order valence-electron chi connectivity index (χ1n) is 6.02. The molecule has 2 heterocycles. The number of tetrazole rings is 1. The molecule has 0 aliphatic carbocycles. The largest absolute Gasteiger partial charge is 0.456 e. The van der Waals surface area contributed by atoms with E-state index in [9.17, 15) is 4.79 Å². The highest BCUT2D eigenvalue weighted by Gasteiger charge is 2.10. The van der Waals surface area contributed by atoms with E-state index in [4.69, 9.17) is 4.42 Å². The first kappa shape index (κ1) is 10.9. The zero-order valence-electron chi connectivity index (χ0n) is 10.2. The Morgan fingerprint density at radius 2 is 1.85 bits per heavy atom. The first-order chi connectivity index (χ1) is 9.83. The number of aromatic nitrogens is 4. The van der Waals surface area contributed by atoms with E-state index in [1.54, 1.807) is 30.3 Å². The van der Waals surface area contributed by atoms with E-state index in [1.165, 1.54) is 0 Å². The molecule has 2 aromatic heterocycles. The Labute approximate surface area is 112 Å². The predicted molar refractivity (Wildman–Crippen MR) is 73.2 cm³/mol. The second kappa shape index (κ2) is 3.99. The van der Waals surface area contributed by atoms with Gasteiger partial charge >= 0.3 is 0 Å². The summed E-state index contributed by atoms with van der Waals surface area (Å²) < 4.78 is 5.74. The van der Waals surface area contributed by atoms with E-state index in [-0.39, 0.29) is 5.43 Å². The maximum atomic E-state index is 12.5. The number of para-hydroxylation sites is 1. The molecular weight excluding hydrogens is 256 g/mol. The fourth-order valence-electron chi connectivity index (χ4n) is 2.23. The molecule has 0 aliphatic rings. The van der Waals surface area contributed by atoms with Crippen LogP contribution in [0.4, 0.5) is 0 Å². The van der Waals surface area contributed by atoms with Gasteiger partial charge in [-0.15, -0.1) is 10.2 Å². The van der Waals surface area contributed by atoms with Gasteiger partial charge in [0.15, 0.2) is 0 Å². The van der Waals surface area contributed by atoms with Crippen LogP contribution in [0.15, 0.2) is 51.7 Å². The number of H-pyrrole nitrogens is 1. The van der Waals surface area contributed by atoms with Gasteiger partial charge in [-0.05, 0) is 35.5 Å². The molecule has 0 saturated heterocycles. The van der Waals surface area contributed by atoms with Gasteiger partial charge in [-0.1, -0.05) is 12.1 Å². The van der Waals surface area contributed by atoms with E-state index in [0.29, 0.717) is 33.3 Å². The number of rotatable bonds is 1. The molecule has 0 aliphatic heterocycles. The van der Waals surface area contributed by atoms with Gasteiger partial charge in [0.2, 0.25) is 11.3 Å². The van der Waals surface area contributed by atoms with Crippen LogP contribution in [0.2, 0.25) is 0 Å². The summed E-state index contributed by atoms with van der Waals surface area (Å²) >= 11 is 0. The highest BCUT2D eigenvalue weighted by molar-refractivity contribution is 5.91. The number of benzene rings is 2. The van der Waals surface area contributed by atoms with Crippen LogP contribution in [0.25, 0.3) is 33.3 Å². The number of hydrogen-bond donors (Lipinski definition) is 1. The zero-order valence-corrected chi connectivity index (χ0v) is 10.2. The molecule has 0 radical (unpaired) electrons. The predicted octanol–water partition coefficient (Wildman–Crippen LogP) is 2.13. The molecular formula is C14H8N4O2. The summed E-state index contributed by atoms with van der Waals surface area (Å²) in [7, 11) is 0. The molecule has 96 valence electrons. The van der Waals surface area contributed by atoms with Gasteiger partial charge in [0.1, 0.15) is 11.2 Å². The summed E-state index contributed by atoms with van der Waals surface area (Å²) in [6.45, 7) is 0. The summed E-state index contributed by atoms with van der Waals surface area (Å²) in [5.41, 5.74) is 1.78. The topological polar surface area (TPSA) is 84.7 Å². The van der Waals surface area contributed by atoms with Crippen molar-refractivity contribution in [1.82, 2.24) is 20.6 Å². The third kappa shape index (κ3) is 1.51.